The summed E-state index contributed by atoms with van der Waals surface area (Å²) in [4.78, 5) is 28.5. The Morgan fingerprint density at radius 2 is 1.84 bits per heavy atom. The van der Waals surface area contributed by atoms with E-state index in [0.717, 1.165) is 25.9 Å². The largest absolute Gasteiger partial charge is 0.481 e. The maximum Gasteiger partial charge on any atom is 0.320 e. The number of aliphatic carboxylic acids is 1. The van der Waals surface area contributed by atoms with E-state index in [0.29, 0.717) is 12.6 Å². The predicted molar refractivity (Wildman–Crippen MR) is 73.2 cm³/mol. The summed E-state index contributed by atoms with van der Waals surface area (Å²) in [6.45, 7) is 4.24. The van der Waals surface area contributed by atoms with Gasteiger partial charge < -0.3 is 19.8 Å². The lowest BCUT2D eigenvalue weighted by atomic mass is 10.0. The first-order valence-electron chi connectivity index (χ1n) is 6.87. The number of carbonyl (C=O) groups is 2. The van der Waals surface area contributed by atoms with Crippen molar-refractivity contribution >= 4 is 12.0 Å². The van der Waals surface area contributed by atoms with E-state index < -0.39 is 5.97 Å². The molecule has 0 bridgehead atoms. The van der Waals surface area contributed by atoms with Crippen LogP contribution in [0.25, 0.3) is 0 Å². The summed E-state index contributed by atoms with van der Waals surface area (Å²) in [5.41, 5.74) is 0. The van der Waals surface area contributed by atoms with Gasteiger partial charge in [0.25, 0.3) is 0 Å². The van der Waals surface area contributed by atoms with Crippen molar-refractivity contribution in [1.29, 1.82) is 0 Å². The number of rotatable bonds is 5. The molecule has 0 unspecified atom stereocenters. The second-order valence-electron chi connectivity index (χ2n) is 5.19. The SMILES string of the molecule is CCN(CCC(=O)O)C(=O)N1CCC(N(C)C)CC1. The molecule has 110 valence electrons. The molecule has 0 spiro atoms. The molecule has 6 heteroatoms. The standard InChI is InChI=1S/C13H25N3O3/c1-4-15(10-7-12(17)18)13(19)16-8-5-11(6-9-16)14(2)3/h11H,4-10H2,1-3H3,(H,17,18). The number of urea groups is 1. The van der Waals surface area contributed by atoms with Crippen LogP contribution in [-0.4, -0.2) is 78.1 Å². The lowest BCUT2D eigenvalue weighted by Gasteiger charge is -2.37. The van der Waals surface area contributed by atoms with E-state index in [1.165, 1.54) is 0 Å². The average Bonchev–Trinajstić information content (AvgIpc) is 2.39. The predicted octanol–water partition coefficient (Wildman–Crippen LogP) is 0.929. The Hall–Kier alpha value is -1.30. The van der Waals surface area contributed by atoms with Gasteiger partial charge in [0.1, 0.15) is 0 Å². The molecule has 0 atom stereocenters. The molecule has 0 radical (unpaired) electrons. The van der Waals surface area contributed by atoms with Crippen molar-refractivity contribution in [2.45, 2.75) is 32.2 Å². The first kappa shape index (κ1) is 15.8. The molecule has 2 amide bonds. The van der Waals surface area contributed by atoms with Crippen LogP contribution in [0.4, 0.5) is 4.79 Å². The van der Waals surface area contributed by atoms with Crippen LogP contribution in [-0.2, 0) is 4.79 Å². The van der Waals surface area contributed by atoms with Crippen molar-refractivity contribution < 1.29 is 14.7 Å². The van der Waals surface area contributed by atoms with Gasteiger partial charge >= 0.3 is 12.0 Å². The molecule has 1 aliphatic heterocycles. The van der Waals surface area contributed by atoms with Gasteiger partial charge in [-0.15, -0.1) is 0 Å². The van der Waals surface area contributed by atoms with Crippen molar-refractivity contribution in [2.75, 3.05) is 40.3 Å². The normalized spacial score (nSPS) is 16.7. The zero-order valence-corrected chi connectivity index (χ0v) is 12.1. The van der Waals surface area contributed by atoms with Gasteiger partial charge in [-0.3, -0.25) is 4.79 Å². The van der Waals surface area contributed by atoms with E-state index in [4.69, 9.17) is 5.11 Å². The highest BCUT2D eigenvalue weighted by Crippen LogP contribution is 2.15. The molecular weight excluding hydrogens is 246 g/mol. The number of carbonyl (C=O) groups excluding carboxylic acids is 1. The van der Waals surface area contributed by atoms with Gasteiger partial charge in [0, 0.05) is 32.2 Å². The number of carboxylic acids is 1. The molecule has 0 aromatic carbocycles. The van der Waals surface area contributed by atoms with Crippen LogP contribution in [0.15, 0.2) is 0 Å². The summed E-state index contributed by atoms with van der Waals surface area (Å²) < 4.78 is 0. The van der Waals surface area contributed by atoms with E-state index in [1.807, 2.05) is 11.8 Å². The fourth-order valence-corrected chi connectivity index (χ4v) is 2.39. The molecule has 1 saturated heterocycles. The summed E-state index contributed by atoms with van der Waals surface area (Å²) in [6.07, 6.45) is 1.97. The zero-order chi connectivity index (χ0) is 14.4. The highest BCUT2D eigenvalue weighted by Gasteiger charge is 2.26. The van der Waals surface area contributed by atoms with Crippen LogP contribution in [0, 0.1) is 0 Å². The molecule has 1 fully saturated rings. The van der Waals surface area contributed by atoms with Gasteiger partial charge in [-0.05, 0) is 33.9 Å². The Morgan fingerprint density at radius 1 is 1.26 bits per heavy atom. The molecule has 1 rings (SSSR count). The van der Waals surface area contributed by atoms with Crippen molar-refractivity contribution in [1.82, 2.24) is 14.7 Å². The number of hydrogen-bond acceptors (Lipinski definition) is 3. The molecular formula is C13H25N3O3. The zero-order valence-electron chi connectivity index (χ0n) is 12.1. The van der Waals surface area contributed by atoms with Gasteiger partial charge in [-0.1, -0.05) is 0 Å². The molecule has 0 saturated carbocycles. The number of carboxylic acid groups (broad SMARTS) is 1. The van der Waals surface area contributed by atoms with Crippen LogP contribution in [0.2, 0.25) is 0 Å². The summed E-state index contributed by atoms with van der Waals surface area (Å²) in [6, 6.07) is 0.513. The molecule has 0 aromatic rings. The summed E-state index contributed by atoms with van der Waals surface area (Å²) >= 11 is 0. The molecule has 19 heavy (non-hydrogen) atoms. The van der Waals surface area contributed by atoms with E-state index in [9.17, 15) is 9.59 Å². The molecule has 6 nitrogen and oxygen atoms in total. The van der Waals surface area contributed by atoms with Crippen LogP contribution in [0.3, 0.4) is 0 Å². The van der Waals surface area contributed by atoms with Gasteiger partial charge in [0.2, 0.25) is 0 Å². The van der Waals surface area contributed by atoms with Crippen molar-refractivity contribution in [3.8, 4) is 0 Å². The molecule has 1 aliphatic rings. The summed E-state index contributed by atoms with van der Waals surface area (Å²) in [5.74, 6) is -0.863. The smallest absolute Gasteiger partial charge is 0.320 e. The molecule has 1 N–H and O–H groups in total. The number of likely N-dealkylation sites (tertiary alicyclic amines) is 1. The highest BCUT2D eigenvalue weighted by molar-refractivity contribution is 5.75. The number of hydrogen-bond donors (Lipinski definition) is 1. The Balaban J connectivity index is 2.46. The summed E-state index contributed by atoms with van der Waals surface area (Å²) in [7, 11) is 4.13. The van der Waals surface area contributed by atoms with Gasteiger partial charge in [-0.25, -0.2) is 4.79 Å². The minimum Gasteiger partial charge on any atom is -0.481 e. The number of nitrogens with zero attached hydrogens (tertiary/aromatic N) is 3. The Labute approximate surface area is 115 Å². The van der Waals surface area contributed by atoms with E-state index in [-0.39, 0.29) is 19.0 Å². The second-order valence-corrected chi connectivity index (χ2v) is 5.19. The number of piperidine rings is 1. The fourth-order valence-electron chi connectivity index (χ4n) is 2.39. The minimum atomic E-state index is -0.863. The van der Waals surface area contributed by atoms with Crippen LogP contribution < -0.4 is 0 Å². The van der Waals surface area contributed by atoms with Gasteiger partial charge in [0.15, 0.2) is 0 Å². The fraction of sp³-hybridized carbons (Fsp3) is 0.846. The lowest BCUT2D eigenvalue weighted by molar-refractivity contribution is -0.137. The third-order valence-corrected chi connectivity index (χ3v) is 3.71. The monoisotopic (exact) mass is 271 g/mol. The van der Waals surface area contributed by atoms with Crippen molar-refractivity contribution in [2.24, 2.45) is 0 Å². The van der Waals surface area contributed by atoms with Crippen molar-refractivity contribution in [3.63, 3.8) is 0 Å². The first-order chi connectivity index (χ1) is 8.95. The van der Waals surface area contributed by atoms with Gasteiger partial charge in [-0.2, -0.15) is 0 Å². The molecule has 0 aliphatic carbocycles. The minimum absolute atomic E-state index is 0.00768. The lowest BCUT2D eigenvalue weighted by Crippen LogP contribution is -2.49. The van der Waals surface area contributed by atoms with Gasteiger partial charge in [0.05, 0.1) is 6.42 Å². The third-order valence-electron chi connectivity index (χ3n) is 3.71. The number of amides is 2. The maximum atomic E-state index is 12.3. The van der Waals surface area contributed by atoms with Crippen LogP contribution in [0.1, 0.15) is 26.2 Å². The third kappa shape index (κ3) is 4.70. The van der Waals surface area contributed by atoms with E-state index in [2.05, 4.69) is 19.0 Å². The van der Waals surface area contributed by atoms with E-state index >= 15 is 0 Å². The average molecular weight is 271 g/mol. The quantitative estimate of drug-likeness (QED) is 0.808. The Morgan fingerprint density at radius 3 is 2.26 bits per heavy atom. The summed E-state index contributed by atoms with van der Waals surface area (Å²) in [5, 5.41) is 8.69. The molecule has 1 heterocycles. The Bertz CT molecular complexity index is 312. The maximum absolute atomic E-state index is 12.3. The Kier molecular flexibility index (Phi) is 6.08. The highest BCUT2D eigenvalue weighted by atomic mass is 16.4. The molecule has 0 aromatic heterocycles. The second kappa shape index (κ2) is 7.33. The first-order valence-corrected chi connectivity index (χ1v) is 6.87. The van der Waals surface area contributed by atoms with Crippen LogP contribution >= 0.6 is 0 Å². The van der Waals surface area contributed by atoms with Crippen molar-refractivity contribution in [3.05, 3.63) is 0 Å². The van der Waals surface area contributed by atoms with E-state index in [1.54, 1.807) is 4.90 Å². The topological polar surface area (TPSA) is 64.1 Å². The van der Waals surface area contributed by atoms with Crippen LogP contribution in [0.5, 0.6) is 0 Å².